The molecule has 5 aromatic carbocycles. The van der Waals surface area contributed by atoms with Crippen LogP contribution < -0.4 is 25.3 Å². The molecular formula is C24H17F2PTi. The van der Waals surface area contributed by atoms with Crippen molar-refractivity contribution in [2.24, 2.45) is 0 Å². The van der Waals surface area contributed by atoms with Crippen molar-refractivity contribution in [3.8, 4) is 0 Å². The van der Waals surface area contributed by atoms with E-state index in [2.05, 4.69) is 103 Å². The van der Waals surface area contributed by atoms with E-state index in [1.165, 1.54) is 37.5 Å². The van der Waals surface area contributed by atoms with Gasteiger partial charge in [-0.05, 0) is 5.30 Å². The van der Waals surface area contributed by atoms with Crippen LogP contribution in [0, 0.1) is 0 Å². The normalized spacial score (nSPS) is 10.3. The van der Waals surface area contributed by atoms with Gasteiger partial charge in [-0.15, -0.1) is 80.7 Å². The summed E-state index contributed by atoms with van der Waals surface area (Å²) < 4.78 is 0. The van der Waals surface area contributed by atoms with Gasteiger partial charge in [-0.1, -0.05) is 50.4 Å². The SMILES string of the molecule is [F-].[F-].[Ti+4].c1ccc(P(c2cc3ccccc3[cH-]2)c2cc3ccccc3[cH-]2)cc1. The molecule has 28 heavy (non-hydrogen) atoms. The summed E-state index contributed by atoms with van der Waals surface area (Å²) in [6.45, 7) is 0. The molecule has 5 aromatic rings. The average Bonchev–Trinajstić information content (AvgIpc) is 3.26. The quantitative estimate of drug-likeness (QED) is 0.203. The first kappa shape index (κ1) is 22.2. The van der Waals surface area contributed by atoms with E-state index in [-0.39, 0.29) is 31.1 Å². The standard InChI is InChI=1S/C24H17P.2FH.Ti/c1-2-12-22(13-3-1)25(23-14-18-8-4-5-9-19(18)15-23)24-16-20-10-6-7-11-21(20)17-24;;;/h1-17H;2*1H;/q-2;;;+4/p-2. The van der Waals surface area contributed by atoms with Gasteiger partial charge in [0.2, 0.25) is 0 Å². The molecule has 0 nitrogen and oxygen atoms in total. The topological polar surface area (TPSA) is 0 Å². The smallest absolute Gasteiger partial charge is 1.00 e. The largest absolute Gasteiger partial charge is 4.00 e. The van der Waals surface area contributed by atoms with Crippen molar-refractivity contribution in [2.45, 2.75) is 0 Å². The minimum atomic E-state index is -0.540. The summed E-state index contributed by atoms with van der Waals surface area (Å²) in [5.74, 6) is 0. The van der Waals surface area contributed by atoms with Gasteiger partial charge in [0.15, 0.2) is 0 Å². The average molecular weight is 422 g/mol. The van der Waals surface area contributed by atoms with Crippen LogP contribution in [0.2, 0.25) is 0 Å². The maximum absolute atomic E-state index is 2.37. The van der Waals surface area contributed by atoms with Crippen LogP contribution in [-0.4, -0.2) is 0 Å². The molecule has 0 atom stereocenters. The third kappa shape index (κ3) is 4.01. The number of hydrogen-bond acceptors (Lipinski definition) is 0. The first-order valence-electron chi connectivity index (χ1n) is 8.55. The van der Waals surface area contributed by atoms with E-state index >= 15 is 0 Å². The van der Waals surface area contributed by atoms with Crippen molar-refractivity contribution >= 4 is 45.4 Å². The molecule has 136 valence electrons. The van der Waals surface area contributed by atoms with Crippen molar-refractivity contribution in [1.82, 2.24) is 0 Å². The van der Waals surface area contributed by atoms with Crippen LogP contribution >= 0.6 is 7.92 Å². The van der Waals surface area contributed by atoms with Crippen LogP contribution in [0.25, 0.3) is 21.5 Å². The summed E-state index contributed by atoms with van der Waals surface area (Å²) in [5, 5.41) is 9.58. The second-order valence-corrected chi connectivity index (χ2v) is 8.58. The first-order chi connectivity index (χ1) is 12.4. The Balaban J connectivity index is 0.000000934. The molecule has 0 amide bonds. The molecule has 0 saturated carbocycles. The fourth-order valence-electron chi connectivity index (χ4n) is 3.55. The maximum atomic E-state index is 2.37. The Hall–Kier alpha value is -2.12. The van der Waals surface area contributed by atoms with Crippen LogP contribution in [0.15, 0.2) is 103 Å². The van der Waals surface area contributed by atoms with Crippen molar-refractivity contribution in [1.29, 1.82) is 0 Å². The number of rotatable bonds is 3. The van der Waals surface area contributed by atoms with Gasteiger partial charge in [-0.2, -0.15) is 12.1 Å². The predicted molar refractivity (Wildman–Crippen MR) is 111 cm³/mol. The van der Waals surface area contributed by atoms with Crippen LogP contribution in [0.3, 0.4) is 0 Å². The zero-order chi connectivity index (χ0) is 16.6. The van der Waals surface area contributed by atoms with Gasteiger partial charge in [0.25, 0.3) is 0 Å². The van der Waals surface area contributed by atoms with E-state index in [9.17, 15) is 0 Å². The minimum Gasteiger partial charge on any atom is -1.00 e. The number of fused-ring (bicyclic) bond motifs is 2. The molecule has 0 N–H and O–H groups in total. The van der Waals surface area contributed by atoms with Gasteiger partial charge < -0.3 is 9.41 Å². The molecule has 0 aliphatic rings. The Labute approximate surface area is 179 Å². The Kier molecular flexibility index (Phi) is 7.44. The molecule has 4 heteroatoms. The van der Waals surface area contributed by atoms with Crippen LogP contribution in [0.1, 0.15) is 0 Å². The summed E-state index contributed by atoms with van der Waals surface area (Å²) in [6, 6.07) is 37.7. The summed E-state index contributed by atoms with van der Waals surface area (Å²) in [7, 11) is -0.540. The van der Waals surface area contributed by atoms with Crippen molar-refractivity contribution in [3.63, 3.8) is 0 Å². The summed E-state index contributed by atoms with van der Waals surface area (Å²) in [5.41, 5.74) is 0. The first-order valence-corrected chi connectivity index (χ1v) is 9.89. The zero-order valence-electron chi connectivity index (χ0n) is 15.0. The van der Waals surface area contributed by atoms with Crippen LogP contribution in [-0.2, 0) is 21.7 Å². The molecule has 0 aliphatic carbocycles. The molecular weight excluding hydrogens is 405 g/mol. The van der Waals surface area contributed by atoms with E-state index in [0.29, 0.717) is 0 Å². The Morgan fingerprint density at radius 3 is 1.43 bits per heavy atom. The molecule has 0 fully saturated rings. The minimum absolute atomic E-state index is 0. The molecule has 0 bridgehead atoms. The van der Waals surface area contributed by atoms with Crippen LogP contribution in [0.4, 0.5) is 0 Å². The van der Waals surface area contributed by atoms with Crippen molar-refractivity contribution in [3.05, 3.63) is 103 Å². The monoisotopic (exact) mass is 422 g/mol. The van der Waals surface area contributed by atoms with Gasteiger partial charge >= 0.3 is 21.7 Å². The number of halogens is 2. The van der Waals surface area contributed by atoms with Gasteiger partial charge in [-0.3, -0.25) is 0 Å². The Morgan fingerprint density at radius 1 is 0.536 bits per heavy atom. The van der Waals surface area contributed by atoms with E-state index < -0.39 is 7.92 Å². The molecule has 0 aliphatic heterocycles. The molecule has 0 heterocycles. The molecule has 5 rings (SSSR count). The van der Waals surface area contributed by atoms with Gasteiger partial charge in [-0.25, -0.2) is 0 Å². The molecule has 0 aromatic heterocycles. The third-order valence-electron chi connectivity index (χ3n) is 4.74. The van der Waals surface area contributed by atoms with Crippen LogP contribution in [0.5, 0.6) is 0 Å². The Morgan fingerprint density at radius 2 is 0.964 bits per heavy atom. The summed E-state index contributed by atoms with van der Waals surface area (Å²) >= 11 is 0. The van der Waals surface area contributed by atoms with Gasteiger partial charge in [0.1, 0.15) is 0 Å². The third-order valence-corrected chi connectivity index (χ3v) is 7.10. The molecule has 0 unspecified atom stereocenters. The van der Waals surface area contributed by atoms with E-state index in [1.54, 1.807) is 0 Å². The number of benzene rings is 3. The molecule has 0 radical (unpaired) electrons. The molecule has 0 spiro atoms. The molecule has 0 saturated heterocycles. The van der Waals surface area contributed by atoms with Gasteiger partial charge in [0.05, 0.1) is 0 Å². The van der Waals surface area contributed by atoms with Gasteiger partial charge in [0, 0.05) is 0 Å². The number of hydrogen-bond donors (Lipinski definition) is 0. The Bertz CT molecular complexity index is 1020. The van der Waals surface area contributed by atoms with E-state index in [0.717, 1.165) is 0 Å². The second-order valence-electron chi connectivity index (χ2n) is 6.36. The van der Waals surface area contributed by atoms with E-state index in [1.807, 2.05) is 0 Å². The zero-order valence-corrected chi connectivity index (χ0v) is 17.5. The van der Waals surface area contributed by atoms with Crippen molar-refractivity contribution in [2.75, 3.05) is 0 Å². The van der Waals surface area contributed by atoms with Crippen molar-refractivity contribution < 1.29 is 31.1 Å². The fourth-order valence-corrected chi connectivity index (χ4v) is 5.99. The summed E-state index contributed by atoms with van der Waals surface area (Å²) in [4.78, 5) is 0. The second kappa shape index (κ2) is 9.39. The summed E-state index contributed by atoms with van der Waals surface area (Å²) in [6.07, 6.45) is 0. The van der Waals surface area contributed by atoms with E-state index in [4.69, 9.17) is 0 Å². The predicted octanol–water partition coefficient (Wildman–Crippen LogP) is -0.805. The maximum Gasteiger partial charge on any atom is 4.00 e. The fraction of sp³-hybridized carbons (Fsp3) is 0.